The van der Waals surface area contributed by atoms with Gasteiger partial charge in [-0.3, -0.25) is 4.90 Å². The van der Waals surface area contributed by atoms with Crippen molar-refractivity contribution in [3.8, 4) is 11.5 Å². The molecule has 0 saturated carbocycles. The molecule has 0 aliphatic carbocycles. The van der Waals surface area contributed by atoms with Crippen LogP contribution in [0.1, 0.15) is 36.8 Å². The van der Waals surface area contributed by atoms with Gasteiger partial charge in [-0.05, 0) is 61.1 Å². The Labute approximate surface area is 172 Å². The standard InChI is InChI=1S/C26H27NO2/c28-26(21-11-15-25(16-12-21)29-24-9-5-2-6-10-24)17-22-13-14-23(18-26)27(22)19-20-7-3-1-4-8-20/h1-12,15-16,22-23,28H,13-14,17-19H2. The van der Waals surface area contributed by atoms with Crippen LogP contribution in [0.2, 0.25) is 0 Å². The molecule has 1 N–H and O–H groups in total. The molecule has 2 heterocycles. The van der Waals surface area contributed by atoms with Crippen molar-refractivity contribution in [3.05, 3.63) is 96.1 Å². The highest BCUT2D eigenvalue weighted by Gasteiger charge is 2.48. The zero-order chi connectivity index (χ0) is 19.7. The molecule has 0 aromatic heterocycles. The maximum absolute atomic E-state index is 11.5. The Morgan fingerprint density at radius 1 is 0.759 bits per heavy atom. The summed E-state index contributed by atoms with van der Waals surface area (Å²) in [6.07, 6.45) is 3.95. The quantitative estimate of drug-likeness (QED) is 0.630. The molecule has 3 heteroatoms. The van der Waals surface area contributed by atoms with E-state index < -0.39 is 5.60 Å². The topological polar surface area (TPSA) is 32.7 Å². The maximum atomic E-state index is 11.5. The third-order valence-electron chi connectivity index (χ3n) is 6.50. The normalized spacial score (nSPS) is 26.4. The van der Waals surface area contributed by atoms with Gasteiger partial charge in [-0.15, -0.1) is 0 Å². The Balaban J connectivity index is 1.29. The first-order chi connectivity index (χ1) is 14.2. The summed E-state index contributed by atoms with van der Waals surface area (Å²) in [4.78, 5) is 2.61. The first kappa shape index (κ1) is 18.4. The van der Waals surface area contributed by atoms with Crippen LogP contribution in [0.3, 0.4) is 0 Å². The van der Waals surface area contributed by atoms with Crippen LogP contribution in [-0.4, -0.2) is 22.1 Å². The lowest BCUT2D eigenvalue weighted by Gasteiger charge is -2.44. The molecule has 5 rings (SSSR count). The number of fused-ring (bicyclic) bond motifs is 2. The third kappa shape index (κ3) is 3.81. The highest BCUT2D eigenvalue weighted by Crippen LogP contribution is 2.46. The van der Waals surface area contributed by atoms with E-state index in [9.17, 15) is 5.11 Å². The van der Waals surface area contributed by atoms with Crippen LogP contribution in [0.25, 0.3) is 0 Å². The zero-order valence-electron chi connectivity index (χ0n) is 16.6. The highest BCUT2D eigenvalue weighted by molar-refractivity contribution is 5.35. The second-order valence-corrected chi connectivity index (χ2v) is 8.42. The number of nitrogens with zero attached hydrogens (tertiary/aromatic N) is 1. The van der Waals surface area contributed by atoms with Gasteiger partial charge in [0.2, 0.25) is 0 Å². The Morgan fingerprint density at radius 2 is 1.31 bits per heavy atom. The molecule has 2 fully saturated rings. The lowest BCUT2D eigenvalue weighted by molar-refractivity contribution is -0.0595. The van der Waals surface area contributed by atoms with E-state index in [1.54, 1.807) is 0 Å². The number of aliphatic hydroxyl groups is 1. The molecule has 29 heavy (non-hydrogen) atoms. The fraction of sp³-hybridized carbons (Fsp3) is 0.308. The summed E-state index contributed by atoms with van der Waals surface area (Å²) in [6, 6.07) is 29.4. The number of ether oxygens (including phenoxy) is 1. The summed E-state index contributed by atoms with van der Waals surface area (Å²) in [7, 11) is 0. The van der Waals surface area contributed by atoms with Gasteiger partial charge in [-0.25, -0.2) is 0 Å². The van der Waals surface area contributed by atoms with E-state index in [1.165, 1.54) is 18.4 Å². The first-order valence-electron chi connectivity index (χ1n) is 10.6. The zero-order valence-corrected chi connectivity index (χ0v) is 16.6. The third-order valence-corrected chi connectivity index (χ3v) is 6.50. The average molecular weight is 386 g/mol. The van der Waals surface area contributed by atoms with Gasteiger partial charge in [0, 0.05) is 18.6 Å². The predicted molar refractivity (Wildman–Crippen MR) is 115 cm³/mol. The second-order valence-electron chi connectivity index (χ2n) is 8.42. The van der Waals surface area contributed by atoms with Gasteiger partial charge in [0.15, 0.2) is 0 Å². The van der Waals surface area contributed by atoms with E-state index in [0.29, 0.717) is 12.1 Å². The summed E-state index contributed by atoms with van der Waals surface area (Å²) in [5.41, 5.74) is 1.62. The van der Waals surface area contributed by atoms with E-state index in [1.807, 2.05) is 54.6 Å². The Bertz CT molecular complexity index is 925. The van der Waals surface area contributed by atoms with E-state index >= 15 is 0 Å². The fourth-order valence-corrected chi connectivity index (χ4v) is 5.06. The van der Waals surface area contributed by atoms with Crippen LogP contribution in [0.4, 0.5) is 0 Å². The minimum atomic E-state index is -0.746. The molecule has 2 aliphatic rings. The smallest absolute Gasteiger partial charge is 0.127 e. The molecule has 2 unspecified atom stereocenters. The molecule has 3 aromatic carbocycles. The van der Waals surface area contributed by atoms with Gasteiger partial charge in [0.1, 0.15) is 11.5 Å². The van der Waals surface area contributed by atoms with Crippen molar-refractivity contribution in [2.75, 3.05) is 0 Å². The van der Waals surface area contributed by atoms with Gasteiger partial charge in [0.05, 0.1) is 5.60 Å². The highest BCUT2D eigenvalue weighted by atomic mass is 16.5. The van der Waals surface area contributed by atoms with Gasteiger partial charge in [-0.1, -0.05) is 60.7 Å². The summed E-state index contributed by atoms with van der Waals surface area (Å²) in [5.74, 6) is 1.62. The molecule has 2 bridgehead atoms. The van der Waals surface area contributed by atoms with Crippen LogP contribution in [0.5, 0.6) is 11.5 Å². The van der Waals surface area contributed by atoms with Crippen molar-refractivity contribution >= 4 is 0 Å². The van der Waals surface area contributed by atoms with Gasteiger partial charge in [-0.2, -0.15) is 0 Å². The van der Waals surface area contributed by atoms with Crippen molar-refractivity contribution < 1.29 is 9.84 Å². The summed E-state index contributed by atoms with van der Waals surface area (Å²) in [6.45, 7) is 0.982. The Morgan fingerprint density at radius 3 is 1.93 bits per heavy atom. The second kappa shape index (κ2) is 7.66. The summed E-state index contributed by atoms with van der Waals surface area (Å²) < 4.78 is 5.90. The van der Waals surface area contributed by atoms with E-state index in [0.717, 1.165) is 36.4 Å². The fourth-order valence-electron chi connectivity index (χ4n) is 5.06. The van der Waals surface area contributed by atoms with Crippen molar-refractivity contribution in [1.29, 1.82) is 0 Å². The van der Waals surface area contributed by atoms with Gasteiger partial charge >= 0.3 is 0 Å². The molecule has 2 atom stereocenters. The van der Waals surface area contributed by atoms with E-state index in [-0.39, 0.29) is 0 Å². The van der Waals surface area contributed by atoms with Crippen LogP contribution in [-0.2, 0) is 12.1 Å². The first-order valence-corrected chi connectivity index (χ1v) is 10.6. The maximum Gasteiger partial charge on any atom is 0.127 e. The Hall–Kier alpha value is -2.62. The minimum absolute atomic E-state index is 0.444. The molecule has 148 valence electrons. The van der Waals surface area contributed by atoms with Crippen LogP contribution >= 0.6 is 0 Å². The number of para-hydroxylation sites is 1. The number of hydrogen-bond donors (Lipinski definition) is 1. The molecule has 0 radical (unpaired) electrons. The minimum Gasteiger partial charge on any atom is -0.457 e. The number of rotatable bonds is 5. The summed E-state index contributed by atoms with van der Waals surface area (Å²) in [5, 5.41) is 11.5. The largest absolute Gasteiger partial charge is 0.457 e. The van der Waals surface area contributed by atoms with Crippen molar-refractivity contribution in [3.63, 3.8) is 0 Å². The molecular weight excluding hydrogens is 358 g/mol. The average Bonchev–Trinajstić information content (AvgIpc) is 3.00. The number of benzene rings is 3. The van der Waals surface area contributed by atoms with E-state index in [2.05, 4.69) is 35.2 Å². The number of piperidine rings is 1. The molecule has 0 amide bonds. The molecule has 0 spiro atoms. The van der Waals surface area contributed by atoms with Crippen molar-refractivity contribution in [1.82, 2.24) is 4.90 Å². The summed E-state index contributed by atoms with van der Waals surface area (Å²) >= 11 is 0. The van der Waals surface area contributed by atoms with Crippen LogP contribution in [0, 0.1) is 0 Å². The van der Waals surface area contributed by atoms with Crippen LogP contribution < -0.4 is 4.74 Å². The SMILES string of the molecule is OC1(c2ccc(Oc3ccccc3)cc2)CC2CCC(C1)N2Cc1ccccc1. The van der Waals surface area contributed by atoms with Gasteiger partial charge in [0.25, 0.3) is 0 Å². The molecule has 3 nitrogen and oxygen atoms in total. The van der Waals surface area contributed by atoms with Crippen molar-refractivity contribution in [2.45, 2.75) is 49.9 Å². The lowest BCUT2D eigenvalue weighted by Crippen LogP contribution is -2.49. The van der Waals surface area contributed by atoms with E-state index in [4.69, 9.17) is 4.74 Å². The lowest BCUT2D eigenvalue weighted by atomic mass is 9.80. The van der Waals surface area contributed by atoms with Crippen molar-refractivity contribution in [2.24, 2.45) is 0 Å². The Kier molecular flexibility index (Phi) is 4.86. The molecule has 3 aromatic rings. The monoisotopic (exact) mass is 385 g/mol. The molecular formula is C26H27NO2. The molecule has 2 aliphatic heterocycles. The van der Waals surface area contributed by atoms with Crippen LogP contribution in [0.15, 0.2) is 84.9 Å². The molecule has 2 saturated heterocycles. The number of hydrogen-bond acceptors (Lipinski definition) is 3. The predicted octanol–water partition coefficient (Wildman–Crippen LogP) is 5.49. The van der Waals surface area contributed by atoms with Gasteiger partial charge < -0.3 is 9.84 Å².